The largest absolute Gasteiger partial charge is 0.349 e. The molecule has 0 N–H and O–H groups in total. The van der Waals surface area contributed by atoms with Gasteiger partial charge in [0.15, 0.2) is 0 Å². The van der Waals surface area contributed by atoms with Gasteiger partial charge in [-0.1, -0.05) is 30.3 Å². The summed E-state index contributed by atoms with van der Waals surface area (Å²) in [7, 11) is 0. The van der Waals surface area contributed by atoms with Crippen LogP contribution in [0.15, 0.2) is 42.7 Å². The number of rotatable bonds is 2. The van der Waals surface area contributed by atoms with Gasteiger partial charge >= 0.3 is 0 Å². The molecule has 21 heavy (non-hydrogen) atoms. The van der Waals surface area contributed by atoms with Crippen LogP contribution in [0.2, 0.25) is 0 Å². The molecule has 3 heterocycles. The van der Waals surface area contributed by atoms with Crippen molar-refractivity contribution in [2.75, 3.05) is 11.4 Å². The first-order valence-electron chi connectivity index (χ1n) is 7.32. The molecule has 0 saturated carbocycles. The molecule has 0 spiro atoms. The minimum absolute atomic E-state index is 0.403. The molecule has 106 valence electrons. The van der Waals surface area contributed by atoms with Crippen LogP contribution in [0, 0.1) is 6.92 Å². The van der Waals surface area contributed by atoms with Crippen molar-refractivity contribution in [3.63, 3.8) is 0 Å². The van der Waals surface area contributed by atoms with Crippen molar-refractivity contribution < 1.29 is 0 Å². The molecule has 3 aromatic rings. The highest BCUT2D eigenvalue weighted by Gasteiger charge is 2.28. The first kappa shape index (κ1) is 12.3. The topological polar surface area (TPSA) is 46.3 Å². The van der Waals surface area contributed by atoms with Gasteiger partial charge < -0.3 is 4.90 Å². The van der Waals surface area contributed by atoms with Gasteiger partial charge in [0.1, 0.15) is 12.1 Å². The second-order valence-electron chi connectivity index (χ2n) is 5.49. The van der Waals surface area contributed by atoms with Crippen molar-refractivity contribution in [1.29, 1.82) is 0 Å². The predicted molar refractivity (Wildman–Crippen MR) is 81.3 cm³/mol. The molecular weight excluding hydrogens is 262 g/mol. The molecule has 0 radical (unpaired) electrons. The summed E-state index contributed by atoms with van der Waals surface area (Å²) in [5, 5.41) is 4.33. The van der Waals surface area contributed by atoms with Crippen molar-refractivity contribution in [3.05, 3.63) is 54.0 Å². The van der Waals surface area contributed by atoms with Gasteiger partial charge in [-0.2, -0.15) is 14.6 Å². The highest BCUT2D eigenvalue weighted by atomic mass is 15.4. The Morgan fingerprint density at radius 3 is 2.90 bits per heavy atom. The Kier molecular flexibility index (Phi) is 2.84. The average molecular weight is 279 g/mol. The van der Waals surface area contributed by atoms with Gasteiger partial charge in [-0.25, -0.2) is 4.98 Å². The summed E-state index contributed by atoms with van der Waals surface area (Å²) in [6, 6.07) is 13.2. The van der Waals surface area contributed by atoms with Crippen LogP contribution in [0.25, 0.3) is 5.78 Å². The SMILES string of the molecule is Cc1cc(N2CCC[C@@H]2c2ccccc2)n2ncnc2n1. The fraction of sp³-hybridized carbons (Fsp3) is 0.312. The van der Waals surface area contributed by atoms with E-state index >= 15 is 0 Å². The third kappa shape index (κ3) is 2.05. The standard InChI is InChI=1S/C16H17N5/c1-12-10-15(21-16(19-12)17-11-18-21)20-9-5-8-14(20)13-6-3-2-4-7-13/h2-4,6-7,10-11,14H,5,8-9H2,1H3/t14-/m1/s1. The monoisotopic (exact) mass is 279 g/mol. The van der Waals surface area contributed by atoms with Crippen LogP contribution < -0.4 is 4.90 Å². The van der Waals surface area contributed by atoms with Crippen LogP contribution in [-0.2, 0) is 0 Å². The van der Waals surface area contributed by atoms with Crippen molar-refractivity contribution in [2.45, 2.75) is 25.8 Å². The molecule has 1 aliphatic rings. The summed E-state index contributed by atoms with van der Waals surface area (Å²) < 4.78 is 1.84. The van der Waals surface area contributed by atoms with Crippen LogP contribution in [0.1, 0.15) is 30.1 Å². The van der Waals surface area contributed by atoms with E-state index in [1.165, 1.54) is 18.4 Å². The number of nitrogens with zero attached hydrogens (tertiary/aromatic N) is 5. The Labute approximate surface area is 123 Å². The minimum Gasteiger partial charge on any atom is -0.349 e. The van der Waals surface area contributed by atoms with Crippen LogP contribution in [0.5, 0.6) is 0 Å². The van der Waals surface area contributed by atoms with Crippen molar-refractivity contribution in [3.8, 4) is 0 Å². The Morgan fingerprint density at radius 1 is 1.19 bits per heavy atom. The van der Waals surface area contributed by atoms with Gasteiger partial charge in [-0.3, -0.25) is 0 Å². The van der Waals surface area contributed by atoms with E-state index in [-0.39, 0.29) is 0 Å². The van der Waals surface area contributed by atoms with Gasteiger partial charge in [0, 0.05) is 18.3 Å². The van der Waals surface area contributed by atoms with Gasteiger partial charge in [0.25, 0.3) is 5.78 Å². The maximum atomic E-state index is 4.43. The van der Waals surface area contributed by atoms with Gasteiger partial charge in [-0.15, -0.1) is 0 Å². The molecule has 0 amide bonds. The van der Waals surface area contributed by atoms with E-state index in [4.69, 9.17) is 0 Å². The zero-order valence-electron chi connectivity index (χ0n) is 12.0. The lowest BCUT2D eigenvalue weighted by Gasteiger charge is -2.27. The molecular formula is C16H17N5. The number of aromatic nitrogens is 4. The Hall–Kier alpha value is -2.43. The lowest BCUT2D eigenvalue weighted by atomic mass is 10.0. The van der Waals surface area contributed by atoms with Gasteiger partial charge in [0.05, 0.1) is 6.04 Å². The summed E-state index contributed by atoms with van der Waals surface area (Å²) in [6.45, 7) is 3.05. The Bertz CT molecular complexity index is 765. The lowest BCUT2D eigenvalue weighted by molar-refractivity contribution is 0.697. The number of hydrogen-bond acceptors (Lipinski definition) is 4. The van der Waals surface area contributed by atoms with Crippen LogP contribution in [-0.4, -0.2) is 26.1 Å². The smallest absolute Gasteiger partial charge is 0.254 e. The van der Waals surface area contributed by atoms with Crippen molar-refractivity contribution in [2.24, 2.45) is 0 Å². The van der Waals surface area contributed by atoms with Crippen molar-refractivity contribution >= 4 is 11.6 Å². The first-order chi connectivity index (χ1) is 10.3. The summed E-state index contributed by atoms with van der Waals surface area (Å²) in [5.41, 5.74) is 2.34. The molecule has 5 heteroatoms. The average Bonchev–Trinajstić information content (AvgIpc) is 3.16. The first-order valence-corrected chi connectivity index (χ1v) is 7.32. The van der Waals surface area contributed by atoms with E-state index in [0.717, 1.165) is 18.1 Å². The van der Waals surface area contributed by atoms with E-state index in [1.54, 1.807) is 6.33 Å². The van der Waals surface area contributed by atoms with E-state index in [1.807, 2.05) is 11.4 Å². The van der Waals surface area contributed by atoms with Gasteiger partial charge in [-0.05, 0) is 25.3 Å². The second kappa shape index (κ2) is 4.84. The number of aryl methyl sites for hydroxylation is 1. The number of hydrogen-bond donors (Lipinski definition) is 0. The number of anilines is 1. The fourth-order valence-electron chi connectivity index (χ4n) is 3.18. The minimum atomic E-state index is 0.403. The highest BCUT2D eigenvalue weighted by Crippen LogP contribution is 2.35. The van der Waals surface area contributed by atoms with Gasteiger partial charge in [0.2, 0.25) is 0 Å². The molecule has 2 aromatic heterocycles. The molecule has 1 aromatic carbocycles. The molecule has 1 saturated heterocycles. The third-order valence-electron chi connectivity index (χ3n) is 4.09. The van der Waals surface area contributed by atoms with Crippen LogP contribution in [0.3, 0.4) is 0 Å². The molecule has 1 aliphatic heterocycles. The van der Waals surface area contributed by atoms with E-state index < -0.39 is 0 Å². The lowest BCUT2D eigenvalue weighted by Crippen LogP contribution is -2.25. The normalized spacial score (nSPS) is 18.5. The molecule has 0 unspecified atom stereocenters. The summed E-state index contributed by atoms with van der Waals surface area (Å²) >= 11 is 0. The molecule has 0 bridgehead atoms. The molecule has 1 atom stereocenters. The van der Waals surface area contributed by atoms with Crippen LogP contribution in [0.4, 0.5) is 5.82 Å². The second-order valence-corrected chi connectivity index (χ2v) is 5.49. The molecule has 5 nitrogen and oxygen atoms in total. The molecule has 4 rings (SSSR count). The predicted octanol–water partition coefficient (Wildman–Crippen LogP) is 2.77. The molecule has 1 fully saturated rings. The molecule has 0 aliphatic carbocycles. The Balaban J connectivity index is 1.82. The summed E-state index contributed by atoms with van der Waals surface area (Å²) in [5.74, 6) is 1.75. The summed E-state index contributed by atoms with van der Waals surface area (Å²) in [4.78, 5) is 11.1. The maximum absolute atomic E-state index is 4.43. The highest BCUT2D eigenvalue weighted by molar-refractivity contribution is 5.50. The van der Waals surface area contributed by atoms with E-state index in [2.05, 4.69) is 56.4 Å². The number of benzene rings is 1. The Morgan fingerprint density at radius 2 is 2.05 bits per heavy atom. The quantitative estimate of drug-likeness (QED) is 0.723. The van der Waals surface area contributed by atoms with E-state index in [9.17, 15) is 0 Å². The van der Waals surface area contributed by atoms with E-state index in [0.29, 0.717) is 11.8 Å². The van der Waals surface area contributed by atoms with Crippen molar-refractivity contribution in [1.82, 2.24) is 19.6 Å². The third-order valence-corrected chi connectivity index (χ3v) is 4.09. The zero-order chi connectivity index (χ0) is 14.2. The zero-order valence-corrected chi connectivity index (χ0v) is 12.0. The number of fused-ring (bicyclic) bond motifs is 1. The fourth-order valence-corrected chi connectivity index (χ4v) is 3.18. The maximum Gasteiger partial charge on any atom is 0.254 e. The van der Waals surface area contributed by atoms with Crippen LogP contribution >= 0.6 is 0 Å². The summed E-state index contributed by atoms with van der Waals surface area (Å²) in [6.07, 6.45) is 3.93.